The molecule has 0 fully saturated rings. The average Bonchev–Trinajstić information content (AvgIpc) is 0.700. The smallest absolute Gasteiger partial charge is 0.301 e. The van der Waals surface area contributed by atoms with Crippen molar-refractivity contribution in [2.75, 3.05) is 24.0 Å². The number of nitrogens with one attached hydrogen (secondary N) is 1. The maximum atomic E-state index is 16.6. The molecule has 0 aromatic heterocycles. The molecule has 95 heavy (non-hydrogen) atoms. The third-order valence-corrected chi connectivity index (χ3v) is 26.2. The molecule has 470 valence electrons. The van der Waals surface area contributed by atoms with E-state index in [0.29, 0.717) is 0 Å². The standard InChI is InChI=1S/C36H33N2OP.C36H33N2P.C15H15N/c1-35(2)27-18-8-12-22-31(27)37(32-23-13-9-19-28(32)35)40(39,26-16-6-5-7-17-26)38-33-24-14-10-20-29(33)36(3,4)30-21-11-15-25-34(30)38;1-35(2)27-18-8-12-22-31(27)37(32-23-13-9-19-28(32)35)39(26-16-6-5-7-17-26)38-33-24-14-10-20-29(33)36(3,4)30-21-11-15-25-34(30)38;1-15(2)11-7-3-5-9-13(11)16-14-10-6-4-8-12(14)15/h5-25H,1-4H3;5-25H,1-4H3;3-10,16H,1-2H3. The van der Waals surface area contributed by atoms with Crippen LogP contribution in [0.25, 0.3) is 0 Å². The molecule has 8 heteroatoms. The van der Waals surface area contributed by atoms with Gasteiger partial charge in [-0.1, -0.05) is 300 Å². The van der Waals surface area contributed by atoms with Crippen LogP contribution >= 0.6 is 15.7 Å². The molecular formula is C87H81N5OP2. The first kappa shape index (κ1) is 61.5. The molecule has 5 aliphatic rings. The number of fused-ring (bicyclic) bond motifs is 10. The number of para-hydroxylation sites is 10. The van der Waals surface area contributed by atoms with Crippen LogP contribution in [0.15, 0.2) is 303 Å². The first-order chi connectivity index (χ1) is 45.9. The fourth-order valence-corrected chi connectivity index (χ4v) is 21.6. The van der Waals surface area contributed by atoms with Crippen LogP contribution in [0.3, 0.4) is 0 Å². The molecule has 5 aliphatic heterocycles. The minimum atomic E-state index is -3.60. The first-order valence-corrected chi connectivity index (χ1v) is 36.2. The highest BCUT2D eigenvalue weighted by atomic mass is 31.2. The molecule has 5 heterocycles. The molecule has 12 aromatic carbocycles. The average molecular weight is 1270 g/mol. The number of rotatable bonds is 6. The Morgan fingerprint density at radius 2 is 0.463 bits per heavy atom. The Bertz CT molecular complexity index is 4490. The highest BCUT2D eigenvalue weighted by Gasteiger charge is 2.52. The van der Waals surface area contributed by atoms with Gasteiger partial charge in [0.05, 0.1) is 50.8 Å². The van der Waals surface area contributed by atoms with Crippen LogP contribution < -0.4 is 34.6 Å². The van der Waals surface area contributed by atoms with E-state index in [9.17, 15) is 0 Å². The van der Waals surface area contributed by atoms with Gasteiger partial charge in [0, 0.05) is 43.8 Å². The molecule has 0 radical (unpaired) electrons. The largest absolute Gasteiger partial charge is 0.355 e. The molecule has 0 unspecified atom stereocenters. The predicted octanol–water partition coefficient (Wildman–Crippen LogP) is 23.1. The van der Waals surface area contributed by atoms with E-state index in [4.69, 9.17) is 0 Å². The summed E-state index contributed by atoms with van der Waals surface area (Å²) in [5.41, 5.74) is 23.8. The lowest BCUT2D eigenvalue weighted by Crippen LogP contribution is -2.41. The quantitative estimate of drug-likeness (QED) is 0.167. The van der Waals surface area contributed by atoms with Crippen molar-refractivity contribution >= 4 is 83.1 Å². The molecule has 0 spiro atoms. The fourth-order valence-electron chi connectivity index (χ4n) is 16.0. The zero-order valence-electron chi connectivity index (χ0n) is 56.0. The van der Waals surface area contributed by atoms with Gasteiger partial charge in [-0.25, -0.2) is 0 Å². The van der Waals surface area contributed by atoms with Gasteiger partial charge in [0.25, 0.3) is 0 Å². The van der Waals surface area contributed by atoms with Crippen molar-refractivity contribution in [1.82, 2.24) is 0 Å². The Morgan fingerprint density at radius 1 is 0.253 bits per heavy atom. The minimum absolute atomic E-state index is 0.0818. The highest BCUT2D eigenvalue weighted by molar-refractivity contribution is 7.75. The number of hydrogen-bond donors (Lipinski definition) is 1. The van der Waals surface area contributed by atoms with Gasteiger partial charge in [0.2, 0.25) is 0 Å². The lowest BCUT2D eigenvalue weighted by atomic mass is 9.74. The van der Waals surface area contributed by atoms with Crippen molar-refractivity contribution in [2.45, 2.75) is 96.3 Å². The molecule has 0 atom stereocenters. The number of nitrogens with zero attached hydrogens (tertiary/aromatic N) is 4. The topological polar surface area (TPSA) is 42.1 Å². The van der Waals surface area contributed by atoms with Crippen molar-refractivity contribution in [2.24, 2.45) is 0 Å². The van der Waals surface area contributed by atoms with E-state index in [0.717, 1.165) is 28.1 Å². The van der Waals surface area contributed by atoms with Crippen molar-refractivity contribution in [3.8, 4) is 0 Å². The number of benzene rings is 12. The zero-order chi connectivity index (χ0) is 65.7. The van der Waals surface area contributed by atoms with Gasteiger partial charge in [-0.2, -0.15) is 0 Å². The molecule has 0 aliphatic carbocycles. The van der Waals surface area contributed by atoms with Gasteiger partial charge in [-0.15, -0.1) is 0 Å². The van der Waals surface area contributed by atoms with E-state index in [1.54, 1.807) is 0 Å². The second-order valence-corrected chi connectivity index (χ2v) is 32.5. The SMILES string of the molecule is CC1(C)c2ccccc2N(P(=O)(c2ccccc2)N2c3ccccc3C(C)(C)c3ccccc32)c2ccccc21.CC1(C)c2ccccc2N(P(c2ccccc2)N2c3ccccc3C(C)(C)c3ccccc32)c2ccccc21.CC1(C)c2ccccc2Nc2ccccc21. The zero-order valence-corrected chi connectivity index (χ0v) is 57.7. The van der Waals surface area contributed by atoms with E-state index >= 15 is 4.57 Å². The maximum Gasteiger partial charge on any atom is 0.301 e. The number of anilines is 10. The first-order valence-electron chi connectivity index (χ1n) is 33.3. The van der Waals surface area contributed by atoms with Gasteiger partial charge in [-0.05, 0) is 128 Å². The molecule has 1 N–H and O–H groups in total. The second kappa shape index (κ2) is 23.3. The lowest BCUT2D eigenvalue weighted by molar-refractivity contribution is 0.575. The Balaban J connectivity index is 0.000000127. The number of hydrogen-bond acceptors (Lipinski definition) is 4. The third kappa shape index (κ3) is 9.73. The Labute approximate surface area is 563 Å². The molecule has 0 bridgehead atoms. The molecule has 0 saturated carbocycles. The summed E-state index contributed by atoms with van der Waals surface area (Å²) in [4.78, 5) is 0. The molecular weight excluding hydrogens is 1190 g/mol. The van der Waals surface area contributed by atoms with Crippen LogP contribution in [0, 0.1) is 0 Å². The summed E-state index contributed by atoms with van der Waals surface area (Å²) in [5.74, 6) is 0. The summed E-state index contributed by atoms with van der Waals surface area (Å²) in [6.07, 6.45) is 0. The summed E-state index contributed by atoms with van der Waals surface area (Å²) in [7, 11) is -4.65. The lowest BCUT2D eigenvalue weighted by Gasteiger charge is -2.51. The summed E-state index contributed by atoms with van der Waals surface area (Å²) in [5, 5.41) is 5.61. The van der Waals surface area contributed by atoms with E-state index in [2.05, 4.69) is 366 Å². The van der Waals surface area contributed by atoms with E-state index in [-0.39, 0.29) is 27.1 Å². The highest BCUT2D eigenvalue weighted by Crippen LogP contribution is 2.70. The van der Waals surface area contributed by atoms with E-state index in [1.165, 1.54) is 95.1 Å². The Hall–Kier alpha value is -9.70. The van der Waals surface area contributed by atoms with Crippen LogP contribution in [0.2, 0.25) is 0 Å². The third-order valence-electron chi connectivity index (χ3n) is 20.9. The molecule has 0 saturated heterocycles. The van der Waals surface area contributed by atoms with Gasteiger partial charge in [-0.3, -0.25) is 23.2 Å². The fraction of sp³-hybridized carbons (Fsp3) is 0.172. The summed E-state index contributed by atoms with van der Waals surface area (Å²) in [6.45, 7) is 23.1. The van der Waals surface area contributed by atoms with Crippen LogP contribution in [0.5, 0.6) is 0 Å². The van der Waals surface area contributed by atoms with Gasteiger partial charge >= 0.3 is 7.44 Å². The van der Waals surface area contributed by atoms with Crippen molar-refractivity contribution in [3.05, 3.63) is 359 Å². The van der Waals surface area contributed by atoms with Gasteiger partial charge in [0.15, 0.2) is 0 Å². The van der Waals surface area contributed by atoms with Crippen LogP contribution in [-0.2, 0) is 31.6 Å². The molecule has 0 amide bonds. The molecule has 6 nitrogen and oxygen atoms in total. The van der Waals surface area contributed by atoms with E-state index in [1.807, 2.05) is 30.3 Å². The van der Waals surface area contributed by atoms with Crippen molar-refractivity contribution < 1.29 is 4.57 Å². The molecule has 17 rings (SSSR count). The van der Waals surface area contributed by atoms with Crippen LogP contribution in [0.4, 0.5) is 56.9 Å². The van der Waals surface area contributed by atoms with Gasteiger partial charge < -0.3 is 5.32 Å². The van der Waals surface area contributed by atoms with E-state index < -0.39 is 15.7 Å². The Morgan fingerprint density at radius 3 is 0.758 bits per heavy atom. The Kier molecular flexibility index (Phi) is 15.1. The normalized spacial score (nSPS) is 16.2. The van der Waals surface area contributed by atoms with Crippen molar-refractivity contribution in [3.63, 3.8) is 0 Å². The van der Waals surface area contributed by atoms with Gasteiger partial charge in [0.1, 0.15) is 8.22 Å². The summed E-state index contributed by atoms with van der Waals surface area (Å²) >= 11 is 0. The second-order valence-electron chi connectivity index (χ2n) is 28.2. The predicted molar refractivity (Wildman–Crippen MR) is 404 cm³/mol. The molecule has 12 aromatic rings. The maximum absolute atomic E-state index is 16.6. The van der Waals surface area contributed by atoms with Crippen LogP contribution in [-0.4, -0.2) is 0 Å². The summed E-state index contributed by atoms with van der Waals surface area (Å²) < 4.78 is 26.3. The van der Waals surface area contributed by atoms with Crippen molar-refractivity contribution in [1.29, 1.82) is 0 Å². The minimum Gasteiger partial charge on any atom is -0.355 e. The van der Waals surface area contributed by atoms with Crippen LogP contribution in [0.1, 0.15) is 125 Å². The monoisotopic (exact) mass is 1270 g/mol. The summed E-state index contributed by atoms with van der Waals surface area (Å²) in [6, 6.07) is 108.